The van der Waals surface area contributed by atoms with E-state index in [1.165, 1.54) is 0 Å². The molecular formula is C7H11N5. The van der Waals surface area contributed by atoms with Gasteiger partial charge >= 0.3 is 0 Å². The standard InChI is InChI=1S/C7H11N5/c1-4-10-6(12-11-4)7(2-3-7)5(8)9/h2-3H2,1H3,(H3,8,9)(H,10,11,12). The molecule has 0 saturated heterocycles. The first-order valence-corrected chi connectivity index (χ1v) is 3.89. The van der Waals surface area contributed by atoms with E-state index in [4.69, 9.17) is 11.1 Å². The predicted octanol–water partition coefficient (Wildman–Crippen LogP) is 0.0807. The summed E-state index contributed by atoms with van der Waals surface area (Å²) < 4.78 is 0. The summed E-state index contributed by atoms with van der Waals surface area (Å²) in [6, 6.07) is 0. The largest absolute Gasteiger partial charge is 0.387 e. The molecule has 0 bridgehead atoms. The Bertz CT molecular complexity index is 322. The number of amidine groups is 1. The lowest BCUT2D eigenvalue weighted by atomic mass is 10.1. The molecule has 1 aliphatic carbocycles. The Labute approximate surface area is 69.9 Å². The first kappa shape index (κ1) is 7.27. The molecule has 5 nitrogen and oxygen atoms in total. The van der Waals surface area contributed by atoms with Crippen LogP contribution in [0.3, 0.4) is 0 Å². The van der Waals surface area contributed by atoms with E-state index in [2.05, 4.69) is 15.2 Å². The summed E-state index contributed by atoms with van der Waals surface area (Å²) in [4.78, 5) is 4.18. The first-order valence-electron chi connectivity index (χ1n) is 3.89. The van der Waals surface area contributed by atoms with Crippen molar-refractivity contribution in [2.45, 2.75) is 25.2 Å². The molecule has 64 valence electrons. The van der Waals surface area contributed by atoms with E-state index in [1.54, 1.807) is 0 Å². The highest BCUT2D eigenvalue weighted by atomic mass is 15.2. The predicted molar refractivity (Wildman–Crippen MR) is 43.9 cm³/mol. The molecule has 1 heterocycles. The highest BCUT2D eigenvalue weighted by Gasteiger charge is 2.51. The van der Waals surface area contributed by atoms with Gasteiger partial charge in [0.1, 0.15) is 11.7 Å². The van der Waals surface area contributed by atoms with Crippen molar-refractivity contribution < 1.29 is 0 Å². The van der Waals surface area contributed by atoms with Gasteiger partial charge in [-0.15, -0.1) is 0 Å². The summed E-state index contributed by atoms with van der Waals surface area (Å²) in [6.07, 6.45) is 1.80. The second-order valence-corrected chi connectivity index (χ2v) is 3.24. The second-order valence-electron chi connectivity index (χ2n) is 3.24. The number of H-pyrrole nitrogens is 1. The molecule has 1 fully saturated rings. The van der Waals surface area contributed by atoms with Crippen molar-refractivity contribution >= 4 is 5.84 Å². The van der Waals surface area contributed by atoms with Crippen molar-refractivity contribution in [3.63, 3.8) is 0 Å². The normalized spacial score (nSPS) is 19.1. The van der Waals surface area contributed by atoms with Gasteiger partial charge in [-0.25, -0.2) is 4.98 Å². The lowest BCUT2D eigenvalue weighted by Crippen LogP contribution is -2.28. The summed E-state index contributed by atoms with van der Waals surface area (Å²) in [7, 11) is 0. The van der Waals surface area contributed by atoms with Crippen molar-refractivity contribution in [3.05, 3.63) is 11.6 Å². The fourth-order valence-electron chi connectivity index (χ4n) is 1.30. The Hall–Kier alpha value is -1.39. The number of nitrogens with one attached hydrogen (secondary N) is 2. The molecule has 0 spiro atoms. The molecule has 1 saturated carbocycles. The number of nitrogens with two attached hydrogens (primary N) is 1. The Morgan fingerprint density at radius 2 is 2.33 bits per heavy atom. The van der Waals surface area contributed by atoms with Crippen molar-refractivity contribution in [1.29, 1.82) is 5.41 Å². The number of aromatic nitrogens is 3. The Kier molecular flexibility index (Phi) is 1.25. The fraction of sp³-hybridized carbons (Fsp3) is 0.571. The van der Waals surface area contributed by atoms with Crippen LogP contribution >= 0.6 is 0 Å². The smallest absolute Gasteiger partial charge is 0.164 e. The number of rotatable bonds is 2. The number of hydrogen-bond donors (Lipinski definition) is 3. The fourth-order valence-corrected chi connectivity index (χ4v) is 1.30. The maximum atomic E-state index is 7.39. The minimum absolute atomic E-state index is 0.182. The third-order valence-electron chi connectivity index (χ3n) is 2.29. The molecule has 0 atom stereocenters. The van der Waals surface area contributed by atoms with Crippen LogP contribution in [0, 0.1) is 12.3 Å². The molecule has 0 amide bonds. The number of aryl methyl sites for hydroxylation is 1. The molecular weight excluding hydrogens is 154 g/mol. The van der Waals surface area contributed by atoms with E-state index in [1.807, 2.05) is 6.92 Å². The van der Waals surface area contributed by atoms with Gasteiger partial charge in [-0.05, 0) is 19.8 Å². The molecule has 0 unspecified atom stereocenters. The van der Waals surface area contributed by atoms with Gasteiger partial charge in [0, 0.05) is 0 Å². The SMILES string of the molecule is Cc1nc(C2(C(=N)N)CC2)n[nH]1. The van der Waals surface area contributed by atoms with Gasteiger partial charge < -0.3 is 5.73 Å². The molecule has 1 aromatic heterocycles. The third-order valence-corrected chi connectivity index (χ3v) is 2.29. The van der Waals surface area contributed by atoms with Gasteiger partial charge in [-0.3, -0.25) is 10.5 Å². The number of hydrogen-bond acceptors (Lipinski definition) is 3. The molecule has 0 radical (unpaired) electrons. The van der Waals surface area contributed by atoms with Gasteiger partial charge in [0.25, 0.3) is 0 Å². The van der Waals surface area contributed by atoms with Crippen LogP contribution in [0.1, 0.15) is 24.5 Å². The van der Waals surface area contributed by atoms with Crippen molar-refractivity contribution in [1.82, 2.24) is 15.2 Å². The van der Waals surface area contributed by atoms with Crippen LogP contribution in [0.4, 0.5) is 0 Å². The van der Waals surface area contributed by atoms with E-state index in [0.29, 0.717) is 5.82 Å². The lowest BCUT2D eigenvalue weighted by molar-refractivity contribution is 0.817. The second kappa shape index (κ2) is 2.06. The number of aromatic amines is 1. The van der Waals surface area contributed by atoms with Crippen LogP contribution in [0.25, 0.3) is 0 Å². The van der Waals surface area contributed by atoms with E-state index < -0.39 is 0 Å². The van der Waals surface area contributed by atoms with Crippen molar-refractivity contribution in [2.75, 3.05) is 0 Å². The Morgan fingerprint density at radius 1 is 1.67 bits per heavy atom. The van der Waals surface area contributed by atoms with Crippen LogP contribution in [-0.4, -0.2) is 21.0 Å². The lowest BCUT2D eigenvalue weighted by Gasteiger charge is -2.06. The van der Waals surface area contributed by atoms with E-state index in [0.717, 1.165) is 18.7 Å². The zero-order valence-electron chi connectivity index (χ0n) is 6.89. The van der Waals surface area contributed by atoms with Crippen molar-refractivity contribution in [3.8, 4) is 0 Å². The van der Waals surface area contributed by atoms with Crippen LogP contribution < -0.4 is 5.73 Å². The summed E-state index contributed by atoms with van der Waals surface area (Å²) >= 11 is 0. The summed E-state index contributed by atoms with van der Waals surface area (Å²) in [5, 5.41) is 14.2. The summed E-state index contributed by atoms with van der Waals surface area (Å²) in [5.74, 6) is 1.63. The molecule has 12 heavy (non-hydrogen) atoms. The van der Waals surface area contributed by atoms with E-state index >= 15 is 0 Å². The third kappa shape index (κ3) is 0.823. The van der Waals surface area contributed by atoms with Crippen molar-refractivity contribution in [2.24, 2.45) is 5.73 Å². The molecule has 0 aromatic carbocycles. The highest BCUT2D eigenvalue weighted by molar-refractivity contribution is 5.91. The highest BCUT2D eigenvalue weighted by Crippen LogP contribution is 2.46. The average Bonchev–Trinajstić information content (AvgIpc) is 2.71. The topological polar surface area (TPSA) is 91.4 Å². The summed E-state index contributed by atoms with van der Waals surface area (Å²) in [5.41, 5.74) is 5.13. The van der Waals surface area contributed by atoms with Crippen LogP contribution in [0.2, 0.25) is 0 Å². The minimum atomic E-state index is -0.329. The maximum absolute atomic E-state index is 7.39. The van der Waals surface area contributed by atoms with Gasteiger partial charge in [-0.2, -0.15) is 5.10 Å². The Morgan fingerprint density at radius 3 is 2.67 bits per heavy atom. The van der Waals surface area contributed by atoms with Crippen LogP contribution in [0.15, 0.2) is 0 Å². The zero-order chi connectivity index (χ0) is 8.77. The molecule has 2 rings (SSSR count). The molecule has 1 aliphatic rings. The molecule has 0 aliphatic heterocycles. The van der Waals surface area contributed by atoms with E-state index in [-0.39, 0.29) is 11.3 Å². The maximum Gasteiger partial charge on any atom is 0.164 e. The minimum Gasteiger partial charge on any atom is -0.387 e. The van der Waals surface area contributed by atoms with Gasteiger partial charge in [0.15, 0.2) is 5.82 Å². The van der Waals surface area contributed by atoms with Crippen LogP contribution in [0.5, 0.6) is 0 Å². The first-order chi connectivity index (χ1) is 5.65. The quantitative estimate of drug-likeness (QED) is 0.428. The Balaban J connectivity index is 2.36. The molecule has 5 heteroatoms. The van der Waals surface area contributed by atoms with Gasteiger partial charge in [-0.1, -0.05) is 0 Å². The zero-order valence-corrected chi connectivity index (χ0v) is 6.89. The summed E-state index contributed by atoms with van der Waals surface area (Å²) in [6.45, 7) is 1.84. The monoisotopic (exact) mass is 165 g/mol. The van der Waals surface area contributed by atoms with Crippen LogP contribution in [-0.2, 0) is 5.41 Å². The van der Waals surface area contributed by atoms with Gasteiger partial charge in [0.05, 0.1) is 5.41 Å². The number of nitrogens with zero attached hydrogens (tertiary/aromatic N) is 2. The molecule has 1 aromatic rings. The average molecular weight is 165 g/mol. The van der Waals surface area contributed by atoms with Gasteiger partial charge in [0.2, 0.25) is 0 Å². The van der Waals surface area contributed by atoms with E-state index in [9.17, 15) is 0 Å². The molecule has 4 N–H and O–H groups in total.